The molecule has 2 spiro atoms. The first-order valence-electron chi connectivity index (χ1n) is 23.5. The third kappa shape index (κ3) is 4.22. The molecular formula is C63H44O2. The van der Waals surface area contributed by atoms with Gasteiger partial charge in [0.1, 0.15) is 11.5 Å². The molecule has 2 nitrogen and oxygen atoms in total. The van der Waals surface area contributed by atoms with Crippen LogP contribution in [0.2, 0.25) is 0 Å². The summed E-state index contributed by atoms with van der Waals surface area (Å²) >= 11 is 0. The summed E-state index contributed by atoms with van der Waals surface area (Å²) in [4.78, 5) is 0. The van der Waals surface area contributed by atoms with Gasteiger partial charge in [-0.15, -0.1) is 0 Å². The molecule has 1 fully saturated rings. The lowest BCUT2D eigenvalue weighted by Crippen LogP contribution is -2.56. The molecule has 0 N–H and O–H groups in total. The Labute approximate surface area is 379 Å². The maximum Gasteiger partial charge on any atom is 0.132 e. The molecular weight excluding hydrogens is 789 g/mol. The quantitative estimate of drug-likeness (QED) is 0.173. The number of benzene rings is 7. The SMILES string of the molecule is C1=CC2OC3C=CC=CC3C3(c4ccccc4-c4c(C5(c6cccc7c6C6=C(C=CCC6)C76c7ccccc7Oc7ccccc76)c6ccccc6-c6ccccc65)cccc43)C2C=C1. The van der Waals surface area contributed by atoms with Crippen molar-refractivity contribution in [1.82, 2.24) is 0 Å². The first-order chi connectivity index (χ1) is 32.3. The lowest BCUT2D eigenvalue weighted by Gasteiger charge is -2.54. The summed E-state index contributed by atoms with van der Waals surface area (Å²) in [5.74, 6) is 2.07. The first-order valence-corrected chi connectivity index (χ1v) is 23.5. The average molecular weight is 833 g/mol. The smallest absolute Gasteiger partial charge is 0.132 e. The first kappa shape index (κ1) is 36.1. The van der Waals surface area contributed by atoms with Gasteiger partial charge in [-0.3, -0.25) is 0 Å². The maximum absolute atomic E-state index is 7.03. The molecule has 15 rings (SSSR count). The molecule has 308 valence electrons. The number of fused-ring (bicyclic) bond motifs is 20. The van der Waals surface area contributed by atoms with Crippen LogP contribution in [0.3, 0.4) is 0 Å². The molecule has 0 bridgehead atoms. The Morgan fingerprint density at radius 2 is 0.877 bits per heavy atom. The predicted octanol–water partition coefficient (Wildman–Crippen LogP) is 14.1. The Morgan fingerprint density at radius 3 is 1.51 bits per heavy atom. The van der Waals surface area contributed by atoms with Crippen molar-refractivity contribution in [3.63, 3.8) is 0 Å². The minimum absolute atomic E-state index is 0.0505. The van der Waals surface area contributed by atoms with Crippen molar-refractivity contribution in [3.05, 3.63) is 280 Å². The van der Waals surface area contributed by atoms with Crippen molar-refractivity contribution in [2.24, 2.45) is 11.8 Å². The molecule has 4 atom stereocenters. The van der Waals surface area contributed by atoms with E-state index in [0.29, 0.717) is 0 Å². The summed E-state index contributed by atoms with van der Waals surface area (Å²) in [5.41, 5.74) is 19.9. The van der Waals surface area contributed by atoms with Crippen molar-refractivity contribution >= 4 is 5.57 Å². The van der Waals surface area contributed by atoms with Crippen LogP contribution in [0.1, 0.15) is 68.5 Å². The van der Waals surface area contributed by atoms with Crippen LogP contribution in [0.15, 0.2) is 224 Å². The van der Waals surface area contributed by atoms with Gasteiger partial charge < -0.3 is 9.47 Å². The van der Waals surface area contributed by atoms with E-state index in [4.69, 9.17) is 9.47 Å². The van der Waals surface area contributed by atoms with E-state index >= 15 is 0 Å². The van der Waals surface area contributed by atoms with Gasteiger partial charge in [0.25, 0.3) is 0 Å². The summed E-state index contributed by atoms with van der Waals surface area (Å²) in [6, 6.07) is 60.2. The molecule has 8 aliphatic rings. The zero-order valence-electron chi connectivity index (χ0n) is 35.8. The molecule has 7 aromatic rings. The van der Waals surface area contributed by atoms with Crippen LogP contribution in [0, 0.1) is 11.8 Å². The van der Waals surface area contributed by atoms with Gasteiger partial charge in [-0.1, -0.05) is 206 Å². The topological polar surface area (TPSA) is 18.5 Å². The number of hydrogen-bond donors (Lipinski definition) is 0. The van der Waals surface area contributed by atoms with E-state index in [2.05, 4.69) is 218 Å². The highest BCUT2D eigenvalue weighted by Crippen LogP contribution is 2.69. The van der Waals surface area contributed by atoms with E-state index in [-0.39, 0.29) is 29.5 Å². The molecule has 2 heteroatoms. The number of allylic oxidation sites excluding steroid dienone is 8. The van der Waals surface area contributed by atoms with Gasteiger partial charge in [0.05, 0.1) is 23.0 Å². The van der Waals surface area contributed by atoms with Crippen molar-refractivity contribution in [3.8, 4) is 33.8 Å². The Morgan fingerprint density at radius 1 is 0.400 bits per heavy atom. The average Bonchev–Trinajstić information content (AvgIpc) is 3.96. The summed E-state index contributed by atoms with van der Waals surface area (Å²) in [6.45, 7) is 0. The summed E-state index contributed by atoms with van der Waals surface area (Å²) in [7, 11) is 0. The summed E-state index contributed by atoms with van der Waals surface area (Å²) in [5, 5.41) is 0. The molecule has 0 amide bonds. The van der Waals surface area contributed by atoms with Gasteiger partial charge in [-0.05, 0) is 103 Å². The van der Waals surface area contributed by atoms with Gasteiger partial charge in [-0.2, -0.15) is 0 Å². The fraction of sp³-hybridized carbons (Fsp3) is 0.143. The highest BCUT2D eigenvalue weighted by molar-refractivity contribution is 5.97. The van der Waals surface area contributed by atoms with Crippen molar-refractivity contribution in [2.45, 2.75) is 41.3 Å². The second-order valence-corrected chi connectivity index (χ2v) is 19.0. The van der Waals surface area contributed by atoms with E-state index in [9.17, 15) is 0 Å². The Bertz CT molecular complexity index is 3310. The second kappa shape index (κ2) is 12.9. The molecule has 2 heterocycles. The van der Waals surface area contributed by atoms with E-state index in [1.165, 1.54) is 89.0 Å². The molecule has 7 aromatic carbocycles. The highest BCUT2D eigenvalue weighted by Gasteiger charge is 2.62. The molecule has 65 heavy (non-hydrogen) atoms. The molecule has 1 saturated heterocycles. The fourth-order valence-corrected chi connectivity index (χ4v) is 14.5. The zero-order chi connectivity index (χ0) is 42.5. The lowest BCUT2D eigenvalue weighted by molar-refractivity contribution is -0.0808. The predicted molar refractivity (Wildman–Crippen MR) is 260 cm³/mol. The van der Waals surface area contributed by atoms with Crippen LogP contribution in [0.25, 0.3) is 27.8 Å². The molecule has 0 aromatic heterocycles. The lowest BCUT2D eigenvalue weighted by atomic mass is 9.55. The standard InChI is InChI=1S/C63H44O2/c1-5-23-43-39(19-1)40-20-2-6-24-44(40)61(43,51-31-17-33-53-59(51)41-21-3-7-25-45(41)62(53)47-27-9-13-35-55(47)64-56-36-14-10-28-48(56)62)52-32-18-34-54-60(52)42-22-4-8-26-46(42)63(54)49-29-11-15-37-57(49)65-58-38-16-12-30-50(58)63/h1-3,5-21,23-38,47-48,55-56H,4,22H2. The Hall–Kier alpha value is -7.26. The van der Waals surface area contributed by atoms with Gasteiger partial charge in [0, 0.05) is 28.4 Å². The van der Waals surface area contributed by atoms with Crippen LogP contribution < -0.4 is 4.74 Å². The van der Waals surface area contributed by atoms with Crippen molar-refractivity contribution in [1.29, 1.82) is 0 Å². The molecule has 0 radical (unpaired) electrons. The summed E-state index contributed by atoms with van der Waals surface area (Å²) < 4.78 is 13.8. The van der Waals surface area contributed by atoms with Crippen LogP contribution in [-0.4, -0.2) is 12.2 Å². The van der Waals surface area contributed by atoms with Crippen LogP contribution in [0.5, 0.6) is 11.5 Å². The zero-order valence-corrected chi connectivity index (χ0v) is 35.8. The van der Waals surface area contributed by atoms with Crippen LogP contribution in [0.4, 0.5) is 0 Å². The highest BCUT2D eigenvalue weighted by atomic mass is 16.5. The minimum Gasteiger partial charge on any atom is -0.457 e. The van der Waals surface area contributed by atoms with Crippen LogP contribution >= 0.6 is 0 Å². The Kier molecular flexibility index (Phi) is 7.19. The van der Waals surface area contributed by atoms with E-state index in [1.807, 2.05) is 0 Å². The fourth-order valence-electron chi connectivity index (χ4n) is 14.5. The third-order valence-electron chi connectivity index (χ3n) is 16.6. The number of para-hydroxylation sites is 2. The van der Waals surface area contributed by atoms with Crippen molar-refractivity contribution < 1.29 is 9.47 Å². The van der Waals surface area contributed by atoms with E-state index < -0.39 is 10.8 Å². The van der Waals surface area contributed by atoms with E-state index in [1.54, 1.807) is 0 Å². The molecule has 4 unspecified atom stereocenters. The van der Waals surface area contributed by atoms with Gasteiger partial charge in [0.15, 0.2) is 0 Å². The summed E-state index contributed by atoms with van der Waals surface area (Å²) in [6.07, 6.45) is 25.1. The van der Waals surface area contributed by atoms with Crippen LogP contribution in [-0.2, 0) is 21.0 Å². The molecule has 2 aliphatic heterocycles. The third-order valence-corrected chi connectivity index (χ3v) is 16.6. The van der Waals surface area contributed by atoms with Crippen molar-refractivity contribution in [2.75, 3.05) is 0 Å². The second-order valence-electron chi connectivity index (χ2n) is 19.0. The minimum atomic E-state index is -0.675. The van der Waals surface area contributed by atoms with Gasteiger partial charge in [0.2, 0.25) is 0 Å². The normalized spacial score (nSPS) is 25.1. The monoisotopic (exact) mass is 832 g/mol. The maximum atomic E-state index is 7.03. The number of rotatable bonds is 2. The van der Waals surface area contributed by atoms with Gasteiger partial charge >= 0.3 is 0 Å². The molecule has 0 saturated carbocycles. The Balaban J connectivity index is 1.11. The largest absolute Gasteiger partial charge is 0.457 e. The van der Waals surface area contributed by atoms with Gasteiger partial charge in [-0.25, -0.2) is 0 Å². The number of hydrogen-bond acceptors (Lipinski definition) is 2. The molecule has 6 aliphatic carbocycles. The van der Waals surface area contributed by atoms with E-state index in [0.717, 1.165) is 24.3 Å². The number of ether oxygens (including phenoxy) is 2.